The molecule has 3 heterocycles. The smallest absolute Gasteiger partial charge is 0.159 e. The standard InChI is InChI=1S/C50H30N4/c1-2-17-34-31(13-1)14-12-26-42(34)54-44-25-10-8-23-40(44)48-46(54)28-27-45-47(48)39-22-7-9-24-43(39)53(45)33-16-11-15-32(29-33)50-51-30-41-37-20-4-3-18-35(37)36-19-5-6-21-38(36)49(41)52-50/h1-30H. The summed E-state index contributed by atoms with van der Waals surface area (Å²) in [4.78, 5) is 10.3. The van der Waals surface area contributed by atoms with Gasteiger partial charge in [-0.1, -0.05) is 133 Å². The predicted octanol–water partition coefficient (Wildman–Crippen LogP) is 13.0. The van der Waals surface area contributed by atoms with Gasteiger partial charge in [-0.2, -0.15) is 0 Å². The van der Waals surface area contributed by atoms with Crippen LogP contribution in [0.4, 0.5) is 0 Å². The van der Waals surface area contributed by atoms with Crippen molar-refractivity contribution in [2.24, 2.45) is 0 Å². The molecular formula is C50H30N4. The molecule has 9 aromatic carbocycles. The van der Waals surface area contributed by atoms with Crippen molar-refractivity contribution in [3.8, 4) is 22.8 Å². The van der Waals surface area contributed by atoms with Crippen LogP contribution < -0.4 is 0 Å². The topological polar surface area (TPSA) is 35.6 Å². The molecule has 0 unspecified atom stereocenters. The lowest BCUT2D eigenvalue weighted by Gasteiger charge is -2.12. The van der Waals surface area contributed by atoms with Crippen molar-refractivity contribution in [2.75, 3.05) is 0 Å². The van der Waals surface area contributed by atoms with E-state index in [0.29, 0.717) is 5.82 Å². The molecule has 0 fully saturated rings. The van der Waals surface area contributed by atoms with Crippen LogP contribution in [-0.2, 0) is 0 Å². The van der Waals surface area contributed by atoms with Gasteiger partial charge in [0.1, 0.15) is 0 Å². The minimum absolute atomic E-state index is 0.714. The second-order valence-electron chi connectivity index (χ2n) is 14.2. The Labute approximate surface area is 309 Å². The molecule has 0 radical (unpaired) electrons. The molecule has 0 N–H and O–H groups in total. The van der Waals surface area contributed by atoms with Crippen LogP contribution in [-0.4, -0.2) is 19.1 Å². The first kappa shape index (κ1) is 29.3. The van der Waals surface area contributed by atoms with Gasteiger partial charge in [0.25, 0.3) is 0 Å². The molecule has 0 bridgehead atoms. The van der Waals surface area contributed by atoms with E-state index in [2.05, 4.69) is 185 Å². The number of para-hydroxylation sites is 2. The maximum atomic E-state index is 5.28. The molecule has 0 saturated carbocycles. The van der Waals surface area contributed by atoms with E-state index < -0.39 is 0 Å². The molecule has 54 heavy (non-hydrogen) atoms. The lowest BCUT2D eigenvalue weighted by Crippen LogP contribution is -1.97. The molecule has 0 saturated heterocycles. The Morgan fingerprint density at radius 2 is 0.907 bits per heavy atom. The SMILES string of the molecule is c1cc(-c2ncc3c4ccccc4c4ccccc4c3n2)cc(-n2c3ccccc3c3c4c5ccccc5n(-c5cccc6ccccc56)c4ccc32)c1. The van der Waals surface area contributed by atoms with E-state index in [0.717, 1.165) is 33.1 Å². The summed E-state index contributed by atoms with van der Waals surface area (Å²) in [6.07, 6.45) is 2.00. The summed E-state index contributed by atoms with van der Waals surface area (Å²) in [5.74, 6) is 0.714. The summed E-state index contributed by atoms with van der Waals surface area (Å²) >= 11 is 0. The Hall–Kier alpha value is -7.30. The fraction of sp³-hybridized carbons (Fsp3) is 0. The lowest BCUT2D eigenvalue weighted by atomic mass is 9.98. The third-order valence-electron chi connectivity index (χ3n) is 11.3. The van der Waals surface area contributed by atoms with Gasteiger partial charge in [0.2, 0.25) is 0 Å². The Bertz CT molecular complexity index is 3470. The minimum Gasteiger partial charge on any atom is -0.309 e. The fourth-order valence-electron chi connectivity index (χ4n) is 9.04. The summed E-state index contributed by atoms with van der Waals surface area (Å²) in [5, 5.41) is 13.3. The van der Waals surface area contributed by atoms with Crippen LogP contribution in [0.2, 0.25) is 0 Å². The Kier molecular flexibility index (Phi) is 6.02. The average Bonchev–Trinajstić information content (AvgIpc) is 3.76. The first-order valence-electron chi connectivity index (χ1n) is 18.4. The van der Waals surface area contributed by atoms with Crippen LogP contribution in [0.25, 0.3) is 110 Å². The van der Waals surface area contributed by atoms with Gasteiger partial charge in [-0.25, -0.2) is 9.97 Å². The molecule has 0 spiro atoms. The van der Waals surface area contributed by atoms with Crippen LogP contribution in [0.1, 0.15) is 0 Å². The molecule has 0 amide bonds. The number of hydrogen-bond acceptors (Lipinski definition) is 2. The molecular weight excluding hydrogens is 657 g/mol. The molecule has 4 nitrogen and oxygen atoms in total. The molecule has 0 aliphatic heterocycles. The largest absolute Gasteiger partial charge is 0.309 e. The van der Waals surface area contributed by atoms with Gasteiger partial charge >= 0.3 is 0 Å². The molecule has 12 rings (SSSR count). The van der Waals surface area contributed by atoms with E-state index in [4.69, 9.17) is 9.97 Å². The van der Waals surface area contributed by atoms with E-state index in [-0.39, 0.29) is 0 Å². The zero-order chi connectivity index (χ0) is 35.3. The maximum Gasteiger partial charge on any atom is 0.159 e. The van der Waals surface area contributed by atoms with Gasteiger partial charge in [0.15, 0.2) is 5.82 Å². The number of fused-ring (bicyclic) bond motifs is 14. The molecule has 0 atom stereocenters. The normalized spacial score (nSPS) is 12.1. The minimum atomic E-state index is 0.714. The van der Waals surface area contributed by atoms with E-state index in [9.17, 15) is 0 Å². The van der Waals surface area contributed by atoms with Gasteiger partial charge < -0.3 is 9.13 Å². The van der Waals surface area contributed by atoms with Crippen molar-refractivity contribution in [3.63, 3.8) is 0 Å². The van der Waals surface area contributed by atoms with Crippen LogP contribution in [0, 0.1) is 0 Å². The van der Waals surface area contributed by atoms with Crippen molar-refractivity contribution in [3.05, 3.63) is 182 Å². The summed E-state index contributed by atoms with van der Waals surface area (Å²) in [6.45, 7) is 0. The van der Waals surface area contributed by atoms with E-state index in [1.165, 1.54) is 70.7 Å². The highest BCUT2D eigenvalue weighted by Crippen LogP contribution is 2.43. The maximum absolute atomic E-state index is 5.28. The highest BCUT2D eigenvalue weighted by Gasteiger charge is 2.21. The fourth-order valence-corrected chi connectivity index (χ4v) is 9.04. The first-order valence-corrected chi connectivity index (χ1v) is 18.4. The molecule has 4 heteroatoms. The molecule has 250 valence electrons. The second kappa shape index (κ2) is 11.1. The zero-order valence-corrected chi connectivity index (χ0v) is 29.1. The highest BCUT2D eigenvalue weighted by atomic mass is 15.0. The average molecular weight is 687 g/mol. The van der Waals surface area contributed by atoms with Crippen molar-refractivity contribution in [1.82, 2.24) is 19.1 Å². The van der Waals surface area contributed by atoms with E-state index in [1.54, 1.807) is 0 Å². The van der Waals surface area contributed by atoms with Crippen LogP contribution in [0.5, 0.6) is 0 Å². The molecule has 0 aliphatic carbocycles. The first-order chi connectivity index (χ1) is 26.8. The second-order valence-corrected chi connectivity index (χ2v) is 14.2. The monoisotopic (exact) mass is 686 g/mol. The third-order valence-corrected chi connectivity index (χ3v) is 11.3. The number of benzene rings is 9. The van der Waals surface area contributed by atoms with E-state index in [1.807, 2.05) is 6.20 Å². The Balaban J connectivity index is 1.11. The third kappa shape index (κ3) is 4.02. The highest BCUT2D eigenvalue weighted by molar-refractivity contribution is 6.29. The zero-order valence-electron chi connectivity index (χ0n) is 29.1. The summed E-state index contributed by atoms with van der Waals surface area (Å²) < 4.78 is 4.85. The van der Waals surface area contributed by atoms with Crippen molar-refractivity contribution >= 4 is 86.8 Å². The Morgan fingerprint density at radius 3 is 1.65 bits per heavy atom. The Morgan fingerprint density at radius 1 is 0.370 bits per heavy atom. The van der Waals surface area contributed by atoms with Gasteiger partial charge in [0.05, 0.1) is 33.3 Å². The predicted molar refractivity (Wildman–Crippen MR) is 226 cm³/mol. The summed E-state index contributed by atoms with van der Waals surface area (Å²) in [7, 11) is 0. The van der Waals surface area contributed by atoms with Crippen LogP contribution in [0.15, 0.2) is 182 Å². The number of nitrogens with zero attached hydrogens (tertiary/aromatic N) is 4. The van der Waals surface area contributed by atoms with E-state index >= 15 is 0 Å². The lowest BCUT2D eigenvalue weighted by molar-refractivity contribution is 1.17. The van der Waals surface area contributed by atoms with Crippen LogP contribution >= 0.6 is 0 Å². The van der Waals surface area contributed by atoms with Gasteiger partial charge in [0, 0.05) is 55.2 Å². The number of hydrogen-bond donors (Lipinski definition) is 0. The quantitative estimate of drug-likeness (QED) is 0.173. The van der Waals surface area contributed by atoms with Gasteiger partial charge in [-0.05, 0) is 64.0 Å². The van der Waals surface area contributed by atoms with Crippen molar-refractivity contribution < 1.29 is 0 Å². The number of aromatic nitrogens is 4. The molecule has 12 aromatic rings. The molecule has 3 aromatic heterocycles. The molecule has 0 aliphatic rings. The number of rotatable bonds is 3. The summed E-state index contributed by atoms with van der Waals surface area (Å²) in [5.41, 5.74) is 8.93. The van der Waals surface area contributed by atoms with Crippen molar-refractivity contribution in [2.45, 2.75) is 0 Å². The van der Waals surface area contributed by atoms with Crippen molar-refractivity contribution in [1.29, 1.82) is 0 Å². The van der Waals surface area contributed by atoms with Gasteiger partial charge in [-0.15, -0.1) is 0 Å². The van der Waals surface area contributed by atoms with Crippen LogP contribution in [0.3, 0.4) is 0 Å². The van der Waals surface area contributed by atoms with Gasteiger partial charge in [-0.3, -0.25) is 0 Å². The summed E-state index contributed by atoms with van der Waals surface area (Å²) in [6, 6.07) is 63.3.